The summed E-state index contributed by atoms with van der Waals surface area (Å²) in [5.41, 5.74) is 2.06. The predicted octanol–water partition coefficient (Wildman–Crippen LogP) is 3.23. The number of ether oxygens (including phenoxy) is 2. The molecule has 2 unspecified atom stereocenters. The van der Waals surface area contributed by atoms with Crippen LogP contribution in [0.4, 0.5) is 0 Å². The van der Waals surface area contributed by atoms with E-state index in [4.69, 9.17) is 9.47 Å². The van der Waals surface area contributed by atoms with Gasteiger partial charge in [-0.1, -0.05) is 30.3 Å². The highest BCUT2D eigenvalue weighted by Gasteiger charge is 2.20. The van der Waals surface area contributed by atoms with E-state index in [-0.39, 0.29) is 6.04 Å². The summed E-state index contributed by atoms with van der Waals surface area (Å²) < 4.78 is 10.9. The smallest absolute Gasteiger partial charge is 0.124 e. The number of fused-ring (bicyclic) bond motifs is 1. The number of nitrogens with one attached hydrogen (secondary N) is 1. The van der Waals surface area contributed by atoms with E-state index in [9.17, 15) is 5.11 Å². The molecule has 122 valence electrons. The van der Waals surface area contributed by atoms with Crippen molar-refractivity contribution in [3.8, 4) is 11.5 Å². The fourth-order valence-electron chi connectivity index (χ4n) is 2.93. The summed E-state index contributed by atoms with van der Waals surface area (Å²) in [6, 6.07) is 15.9. The Balaban J connectivity index is 1.65. The molecule has 0 spiro atoms. The zero-order valence-corrected chi connectivity index (χ0v) is 13.4. The van der Waals surface area contributed by atoms with Crippen molar-refractivity contribution >= 4 is 0 Å². The average Bonchev–Trinajstić information content (AvgIpc) is 2.82. The van der Waals surface area contributed by atoms with E-state index in [1.165, 1.54) is 5.56 Å². The van der Waals surface area contributed by atoms with Crippen molar-refractivity contribution in [1.29, 1.82) is 0 Å². The number of hydrogen-bond donors (Lipinski definition) is 2. The lowest BCUT2D eigenvalue weighted by Gasteiger charge is -2.21. The molecule has 0 saturated carbocycles. The quantitative estimate of drug-likeness (QED) is 0.890. The first-order valence-electron chi connectivity index (χ1n) is 8.05. The molecular weight excluding hydrogens is 290 g/mol. The minimum atomic E-state index is -0.544. The first-order chi connectivity index (χ1) is 11.3. The predicted molar refractivity (Wildman–Crippen MR) is 89.9 cm³/mol. The third kappa shape index (κ3) is 3.84. The van der Waals surface area contributed by atoms with E-state index in [1.807, 2.05) is 42.5 Å². The lowest BCUT2D eigenvalue weighted by molar-refractivity contribution is 0.169. The van der Waals surface area contributed by atoms with Gasteiger partial charge < -0.3 is 19.9 Å². The molecule has 4 nitrogen and oxygen atoms in total. The van der Waals surface area contributed by atoms with Crippen LogP contribution < -0.4 is 14.8 Å². The van der Waals surface area contributed by atoms with Crippen LogP contribution in [0.15, 0.2) is 48.5 Å². The molecular formula is C19H23NO3. The van der Waals surface area contributed by atoms with Crippen molar-refractivity contribution < 1.29 is 14.6 Å². The van der Waals surface area contributed by atoms with Gasteiger partial charge in [0, 0.05) is 18.2 Å². The molecule has 4 heteroatoms. The second kappa shape index (κ2) is 7.49. The van der Waals surface area contributed by atoms with Crippen molar-refractivity contribution in [2.75, 3.05) is 20.3 Å². The van der Waals surface area contributed by atoms with Gasteiger partial charge in [-0.2, -0.15) is 0 Å². The number of para-hydroxylation sites is 1. The van der Waals surface area contributed by atoms with Crippen molar-refractivity contribution in [3.05, 3.63) is 59.7 Å². The maximum atomic E-state index is 10.4. The van der Waals surface area contributed by atoms with Crippen LogP contribution in [0.2, 0.25) is 0 Å². The Morgan fingerprint density at radius 2 is 2.00 bits per heavy atom. The summed E-state index contributed by atoms with van der Waals surface area (Å²) in [6.07, 6.45) is 1.47. The van der Waals surface area contributed by atoms with Gasteiger partial charge in [-0.05, 0) is 36.6 Å². The van der Waals surface area contributed by atoms with Crippen LogP contribution in [0.25, 0.3) is 0 Å². The van der Waals surface area contributed by atoms with Crippen molar-refractivity contribution in [1.82, 2.24) is 5.32 Å². The van der Waals surface area contributed by atoms with Crippen LogP contribution in [-0.4, -0.2) is 25.4 Å². The fraction of sp³-hybridized carbons (Fsp3) is 0.368. The van der Waals surface area contributed by atoms with Gasteiger partial charge in [-0.15, -0.1) is 0 Å². The SMILES string of the molecule is COc1ccc(C(O)CNC2CCCOc3ccccc32)cc1. The van der Waals surface area contributed by atoms with Gasteiger partial charge in [0.15, 0.2) is 0 Å². The van der Waals surface area contributed by atoms with E-state index >= 15 is 0 Å². The number of aliphatic hydroxyl groups is 1. The Labute approximate surface area is 137 Å². The van der Waals surface area contributed by atoms with E-state index in [1.54, 1.807) is 7.11 Å². The van der Waals surface area contributed by atoms with Gasteiger partial charge in [-0.25, -0.2) is 0 Å². The van der Waals surface area contributed by atoms with E-state index < -0.39 is 6.10 Å². The molecule has 0 bridgehead atoms. The fourth-order valence-corrected chi connectivity index (χ4v) is 2.93. The molecule has 0 amide bonds. The van der Waals surface area contributed by atoms with Gasteiger partial charge >= 0.3 is 0 Å². The summed E-state index contributed by atoms with van der Waals surface area (Å²) in [5, 5.41) is 13.9. The normalized spacial score (nSPS) is 18.4. The lowest BCUT2D eigenvalue weighted by Crippen LogP contribution is -2.26. The molecule has 2 atom stereocenters. The first kappa shape index (κ1) is 15.8. The Kier molecular flexibility index (Phi) is 5.16. The summed E-state index contributed by atoms with van der Waals surface area (Å²) in [6.45, 7) is 1.25. The molecule has 3 rings (SSSR count). The van der Waals surface area contributed by atoms with Crippen LogP contribution in [0.3, 0.4) is 0 Å². The molecule has 2 N–H and O–H groups in total. The molecule has 0 radical (unpaired) electrons. The van der Waals surface area contributed by atoms with E-state index in [0.29, 0.717) is 6.54 Å². The van der Waals surface area contributed by atoms with E-state index in [0.717, 1.165) is 36.5 Å². The monoisotopic (exact) mass is 313 g/mol. The molecule has 0 aromatic heterocycles. The summed E-state index contributed by atoms with van der Waals surface area (Å²) >= 11 is 0. The average molecular weight is 313 g/mol. The number of methoxy groups -OCH3 is 1. The number of hydrogen-bond acceptors (Lipinski definition) is 4. The summed E-state index contributed by atoms with van der Waals surface area (Å²) in [7, 11) is 1.64. The molecule has 2 aromatic carbocycles. The van der Waals surface area contributed by atoms with Crippen molar-refractivity contribution in [3.63, 3.8) is 0 Å². The van der Waals surface area contributed by atoms with Gasteiger partial charge in [-0.3, -0.25) is 0 Å². The Morgan fingerprint density at radius 1 is 1.22 bits per heavy atom. The largest absolute Gasteiger partial charge is 0.497 e. The molecule has 1 aliphatic heterocycles. The second-order valence-corrected chi connectivity index (χ2v) is 5.78. The Morgan fingerprint density at radius 3 is 2.78 bits per heavy atom. The molecule has 0 aliphatic carbocycles. The molecule has 2 aromatic rings. The highest BCUT2D eigenvalue weighted by molar-refractivity contribution is 5.36. The van der Waals surface area contributed by atoms with Crippen LogP contribution in [-0.2, 0) is 0 Å². The third-order valence-corrected chi connectivity index (χ3v) is 4.25. The van der Waals surface area contributed by atoms with Crippen LogP contribution in [0.5, 0.6) is 11.5 Å². The molecule has 23 heavy (non-hydrogen) atoms. The zero-order valence-electron chi connectivity index (χ0n) is 13.4. The van der Waals surface area contributed by atoms with Crippen molar-refractivity contribution in [2.24, 2.45) is 0 Å². The topological polar surface area (TPSA) is 50.7 Å². The molecule has 0 saturated heterocycles. The molecule has 1 heterocycles. The molecule has 1 aliphatic rings. The molecule has 0 fully saturated rings. The van der Waals surface area contributed by atoms with Crippen LogP contribution >= 0.6 is 0 Å². The van der Waals surface area contributed by atoms with Gasteiger partial charge in [0.1, 0.15) is 11.5 Å². The highest BCUT2D eigenvalue weighted by Crippen LogP contribution is 2.31. The summed E-state index contributed by atoms with van der Waals surface area (Å²) in [5.74, 6) is 1.74. The van der Waals surface area contributed by atoms with Crippen LogP contribution in [0.1, 0.15) is 36.1 Å². The Bertz CT molecular complexity index is 627. The minimum absolute atomic E-state index is 0.210. The highest BCUT2D eigenvalue weighted by atomic mass is 16.5. The van der Waals surface area contributed by atoms with Gasteiger partial charge in [0.25, 0.3) is 0 Å². The first-order valence-corrected chi connectivity index (χ1v) is 8.05. The van der Waals surface area contributed by atoms with E-state index in [2.05, 4.69) is 11.4 Å². The second-order valence-electron chi connectivity index (χ2n) is 5.78. The van der Waals surface area contributed by atoms with Crippen LogP contribution in [0, 0.1) is 0 Å². The standard InChI is InChI=1S/C19H23NO3/c1-22-15-10-8-14(9-11-15)18(21)13-20-17-6-4-12-23-19-7-3-2-5-16(17)19/h2-3,5,7-11,17-18,20-21H,4,6,12-13H2,1H3. The Hall–Kier alpha value is -2.04. The number of benzene rings is 2. The van der Waals surface area contributed by atoms with Gasteiger partial charge in [0.2, 0.25) is 0 Å². The summed E-state index contributed by atoms with van der Waals surface area (Å²) in [4.78, 5) is 0. The zero-order chi connectivity index (χ0) is 16.1. The van der Waals surface area contributed by atoms with Gasteiger partial charge in [0.05, 0.1) is 19.8 Å². The maximum absolute atomic E-state index is 10.4. The maximum Gasteiger partial charge on any atom is 0.124 e. The third-order valence-electron chi connectivity index (χ3n) is 4.25. The van der Waals surface area contributed by atoms with Crippen molar-refractivity contribution in [2.45, 2.75) is 25.0 Å². The lowest BCUT2D eigenvalue weighted by atomic mass is 10.0. The number of rotatable bonds is 5. The number of aliphatic hydroxyl groups excluding tert-OH is 1. The minimum Gasteiger partial charge on any atom is -0.497 e.